The Labute approximate surface area is 190 Å². The molecule has 2 heterocycles. The number of piperidine rings is 1. The van der Waals surface area contributed by atoms with Gasteiger partial charge in [0, 0.05) is 43.1 Å². The molecule has 174 valence electrons. The summed E-state index contributed by atoms with van der Waals surface area (Å²) in [5, 5.41) is 17.8. The van der Waals surface area contributed by atoms with Crippen LogP contribution in [-0.2, 0) is 0 Å². The number of aromatic nitrogens is 1. The third kappa shape index (κ3) is 5.05. The van der Waals surface area contributed by atoms with E-state index in [2.05, 4.69) is 15.5 Å². The Bertz CT molecular complexity index is 941. The molecule has 2 aliphatic rings. The van der Waals surface area contributed by atoms with Gasteiger partial charge in [0.05, 0.1) is 17.2 Å². The quantitative estimate of drug-likeness (QED) is 0.516. The molecule has 3 atom stereocenters. The van der Waals surface area contributed by atoms with Crippen molar-refractivity contribution in [1.29, 1.82) is 0 Å². The standard InChI is InChI=1S/C25H37N5O2/c1-16-7-6-8-18-13-21(25(32)27-17(2)26)24(29-23(16)18)30-12-11-22(19(14-30)15-31)28-20-9-4-3-5-10-20/h6-8,13,17,19-20,22,28,31H,3-5,9-12,14-15,26H2,1-2H3,(H,27,32). The summed E-state index contributed by atoms with van der Waals surface area (Å²) in [5.74, 6) is 0.567. The fourth-order valence-corrected chi connectivity index (χ4v) is 5.23. The fraction of sp³-hybridized carbons (Fsp3) is 0.600. The predicted octanol–water partition coefficient (Wildman–Crippen LogP) is 2.69. The Morgan fingerprint density at radius 3 is 2.78 bits per heavy atom. The molecule has 3 unspecified atom stereocenters. The molecular formula is C25H37N5O2. The molecule has 1 amide bonds. The highest BCUT2D eigenvalue weighted by Crippen LogP contribution is 2.30. The number of hydrogen-bond acceptors (Lipinski definition) is 6. The van der Waals surface area contributed by atoms with Gasteiger partial charge >= 0.3 is 0 Å². The lowest BCUT2D eigenvalue weighted by Crippen LogP contribution is -2.54. The molecule has 7 heteroatoms. The number of amides is 1. The number of aliphatic hydroxyl groups is 1. The number of pyridine rings is 1. The molecular weight excluding hydrogens is 402 g/mol. The first kappa shape index (κ1) is 23.0. The summed E-state index contributed by atoms with van der Waals surface area (Å²) in [7, 11) is 0. The summed E-state index contributed by atoms with van der Waals surface area (Å²) in [5.41, 5.74) is 8.36. The Morgan fingerprint density at radius 1 is 1.28 bits per heavy atom. The molecule has 32 heavy (non-hydrogen) atoms. The molecule has 2 aromatic rings. The van der Waals surface area contributed by atoms with Crippen molar-refractivity contribution in [3.05, 3.63) is 35.4 Å². The first-order chi connectivity index (χ1) is 15.5. The van der Waals surface area contributed by atoms with Crippen LogP contribution in [0.3, 0.4) is 0 Å². The summed E-state index contributed by atoms with van der Waals surface area (Å²) >= 11 is 0. The normalized spacial score (nSPS) is 23.3. The van der Waals surface area contributed by atoms with Crippen molar-refractivity contribution in [2.75, 3.05) is 24.6 Å². The molecule has 4 rings (SSSR count). The zero-order chi connectivity index (χ0) is 22.7. The second kappa shape index (κ2) is 10.1. The van der Waals surface area contributed by atoms with E-state index in [-0.39, 0.29) is 18.4 Å². The molecule has 0 spiro atoms. The highest BCUT2D eigenvalue weighted by atomic mass is 16.3. The number of para-hydroxylation sites is 1. The van der Waals surface area contributed by atoms with Gasteiger partial charge in [0.1, 0.15) is 5.82 Å². The van der Waals surface area contributed by atoms with Crippen LogP contribution >= 0.6 is 0 Å². The first-order valence-electron chi connectivity index (χ1n) is 12.0. The van der Waals surface area contributed by atoms with Gasteiger partial charge in [-0.3, -0.25) is 4.79 Å². The second-order valence-corrected chi connectivity index (χ2v) is 9.55. The Balaban J connectivity index is 1.61. The maximum absolute atomic E-state index is 13.0. The lowest BCUT2D eigenvalue weighted by atomic mass is 9.89. The van der Waals surface area contributed by atoms with E-state index in [4.69, 9.17) is 10.7 Å². The third-order valence-corrected chi connectivity index (χ3v) is 6.95. The third-order valence-electron chi connectivity index (χ3n) is 6.95. The van der Waals surface area contributed by atoms with E-state index in [1.807, 2.05) is 31.2 Å². The van der Waals surface area contributed by atoms with Gasteiger partial charge in [0.2, 0.25) is 0 Å². The van der Waals surface area contributed by atoms with E-state index in [9.17, 15) is 9.90 Å². The zero-order valence-electron chi connectivity index (χ0n) is 19.3. The molecule has 5 N–H and O–H groups in total. The van der Waals surface area contributed by atoms with Gasteiger partial charge < -0.3 is 26.4 Å². The van der Waals surface area contributed by atoms with Crippen molar-refractivity contribution in [2.45, 2.75) is 70.6 Å². The molecule has 0 radical (unpaired) electrons. The number of hydrogen-bond donors (Lipinski definition) is 4. The second-order valence-electron chi connectivity index (χ2n) is 9.55. The minimum atomic E-state index is -0.445. The van der Waals surface area contributed by atoms with Gasteiger partial charge in [0.25, 0.3) is 5.91 Å². The maximum Gasteiger partial charge on any atom is 0.256 e. The predicted molar refractivity (Wildman–Crippen MR) is 129 cm³/mol. The van der Waals surface area contributed by atoms with E-state index in [1.54, 1.807) is 6.92 Å². The minimum absolute atomic E-state index is 0.101. The molecule has 1 aromatic carbocycles. The number of benzene rings is 1. The van der Waals surface area contributed by atoms with Crippen molar-refractivity contribution < 1.29 is 9.90 Å². The number of aryl methyl sites for hydroxylation is 1. The van der Waals surface area contributed by atoms with Crippen LogP contribution < -0.4 is 21.3 Å². The number of anilines is 1. The lowest BCUT2D eigenvalue weighted by molar-refractivity contribution is 0.0941. The highest BCUT2D eigenvalue weighted by molar-refractivity contribution is 6.03. The molecule has 1 saturated carbocycles. The molecule has 1 aliphatic heterocycles. The van der Waals surface area contributed by atoms with Crippen LogP contribution in [0.2, 0.25) is 0 Å². The number of rotatable bonds is 6. The largest absolute Gasteiger partial charge is 0.396 e. The van der Waals surface area contributed by atoms with Crippen molar-refractivity contribution in [1.82, 2.24) is 15.6 Å². The van der Waals surface area contributed by atoms with Crippen LogP contribution in [0.25, 0.3) is 10.9 Å². The topological polar surface area (TPSA) is 104 Å². The Morgan fingerprint density at radius 2 is 2.06 bits per heavy atom. The molecule has 1 aromatic heterocycles. The summed E-state index contributed by atoms with van der Waals surface area (Å²) in [6, 6.07) is 8.78. The molecule has 1 aliphatic carbocycles. The maximum atomic E-state index is 13.0. The van der Waals surface area contributed by atoms with Gasteiger partial charge in [-0.25, -0.2) is 4.98 Å². The highest BCUT2D eigenvalue weighted by Gasteiger charge is 2.33. The SMILES string of the molecule is Cc1cccc2cc(C(=O)NC(C)N)c(N3CCC(NC4CCCCC4)C(CO)C3)nc12. The first-order valence-corrected chi connectivity index (χ1v) is 12.0. The Kier molecular flexibility index (Phi) is 7.28. The average Bonchev–Trinajstić information content (AvgIpc) is 2.79. The number of nitrogens with one attached hydrogen (secondary N) is 2. The molecule has 1 saturated heterocycles. The zero-order valence-corrected chi connectivity index (χ0v) is 19.3. The number of fused-ring (bicyclic) bond motifs is 1. The molecule has 0 bridgehead atoms. The van der Waals surface area contributed by atoms with Crippen LogP contribution in [0, 0.1) is 12.8 Å². The van der Waals surface area contributed by atoms with Crippen molar-refractivity contribution in [2.24, 2.45) is 11.7 Å². The van der Waals surface area contributed by atoms with Crippen LogP contribution in [0.1, 0.15) is 61.4 Å². The smallest absolute Gasteiger partial charge is 0.256 e. The summed E-state index contributed by atoms with van der Waals surface area (Å²) in [4.78, 5) is 20.1. The molecule has 2 fully saturated rings. The lowest BCUT2D eigenvalue weighted by Gasteiger charge is -2.41. The number of aliphatic hydroxyl groups excluding tert-OH is 1. The van der Waals surface area contributed by atoms with Crippen LogP contribution in [0.4, 0.5) is 5.82 Å². The van der Waals surface area contributed by atoms with Gasteiger partial charge in [-0.2, -0.15) is 0 Å². The van der Waals surface area contributed by atoms with Crippen LogP contribution in [0.5, 0.6) is 0 Å². The monoisotopic (exact) mass is 439 g/mol. The van der Waals surface area contributed by atoms with Crippen LogP contribution in [-0.4, -0.2) is 53.9 Å². The minimum Gasteiger partial charge on any atom is -0.396 e. The average molecular weight is 440 g/mol. The van der Waals surface area contributed by atoms with E-state index < -0.39 is 6.17 Å². The summed E-state index contributed by atoms with van der Waals surface area (Å²) in [6.45, 7) is 5.38. The van der Waals surface area contributed by atoms with Gasteiger partial charge in [0.15, 0.2) is 0 Å². The summed E-state index contributed by atoms with van der Waals surface area (Å²) < 4.78 is 0. The van der Waals surface area contributed by atoms with Gasteiger partial charge in [-0.1, -0.05) is 37.5 Å². The number of carbonyl (C=O) groups excluding carboxylic acids is 1. The van der Waals surface area contributed by atoms with E-state index in [1.165, 1.54) is 32.1 Å². The number of nitrogens with two attached hydrogens (primary N) is 1. The summed E-state index contributed by atoms with van der Waals surface area (Å²) in [6.07, 6.45) is 6.84. The number of carbonyl (C=O) groups is 1. The number of nitrogens with zero attached hydrogens (tertiary/aromatic N) is 2. The van der Waals surface area contributed by atoms with Crippen LogP contribution in [0.15, 0.2) is 24.3 Å². The van der Waals surface area contributed by atoms with Crippen molar-refractivity contribution in [3.63, 3.8) is 0 Å². The van der Waals surface area contributed by atoms with Gasteiger partial charge in [-0.05, 0) is 44.7 Å². The fourth-order valence-electron chi connectivity index (χ4n) is 5.23. The van der Waals surface area contributed by atoms with E-state index in [0.717, 1.165) is 29.4 Å². The Hall–Kier alpha value is -2.22. The molecule has 7 nitrogen and oxygen atoms in total. The van der Waals surface area contributed by atoms with Gasteiger partial charge in [-0.15, -0.1) is 0 Å². The van der Waals surface area contributed by atoms with Crippen molar-refractivity contribution >= 4 is 22.6 Å². The van der Waals surface area contributed by atoms with E-state index in [0.29, 0.717) is 30.0 Å². The van der Waals surface area contributed by atoms with E-state index >= 15 is 0 Å². The van der Waals surface area contributed by atoms with Crippen molar-refractivity contribution in [3.8, 4) is 0 Å².